The molecule has 2 aromatic carbocycles. The molecule has 2 amide bonds. The summed E-state index contributed by atoms with van der Waals surface area (Å²) in [6, 6.07) is 13.9. The molecule has 1 atom stereocenters. The summed E-state index contributed by atoms with van der Waals surface area (Å²) in [6.07, 6.45) is 0.703. The minimum Gasteiger partial charge on any atom is -0.382 e. The van der Waals surface area contributed by atoms with Crippen molar-refractivity contribution >= 4 is 34.8 Å². The van der Waals surface area contributed by atoms with Crippen molar-refractivity contribution < 1.29 is 14.1 Å². The lowest BCUT2D eigenvalue weighted by molar-refractivity contribution is 0.136. The smallest absolute Gasteiger partial charge is 0.322 e. The number of benzene rings is 2. The number of urea groups is 1. The molecule has 3 aromatic rings. The second kappa shape index (κ2) is 10.4. The van der Waals surface area contributed by atoms with Crippen LogP contribution in [-0.2, 0) is 4.74 Å². The van der Waals surface area contributed by atoms with Gasteiger partial charge in [-0.2, -0.15) is 4.98 Å². The van der Waals surface area contributed by atoms with Crippen molar-refractivity contribution in [2.75, 3.05) is 19.8 Å². The molecule has 9 heteroatoms. The molecule has 0 bridgehead atoms. The van der Waals surface area contributed by atoms with Crippen molar-refractivity contribution in [3.63, 3.8) is 0 Å². The number of hydrogen-bond acceptors (Lipinski definition) is 5. The third kappa shape index (κ3) is 5.21. The highest BCUT2D eigenvalue weighted by atomic mass is 35.5. The molecule has 2 heterocycles. The van der Waals surface area contributed by atoms with Gasteiger partial charge < -0.3 is 14.6 Å². The van der Waals surface area contributed by atoms with Crippen LogP contribution in [0.2, 0.25) is 10.0 Å². The summed E-state index contributed by atoms with van der Waals surface area (Å²) in [5.74, 6) is 0.750. The number of halogens is 2. The van der Waals surface area contributed by atoms with E-state index in [1.807, 2.05) is 38.1 Å². The van der Waals surface area contributed by atoms with E-state index in [9.17, 15) is 4.79 Å². The van der Waals surface area contributed by atoms with Crippen molar-refractivity contribution in [1.29, 1.82) is 0 Å². The first-order valence-electron chi connectivity index (χ1n) is 10.7. The zero-order valence-electron chi connectivity index (χ0n) is 18.3. The SMILES string of the molecule is CCOCCCN1C(=O)NC(c2ccc(Cl)cc2)C(c2nc(-c3cccc(Cl)c3)no2)=C1C. The molecule has 1 aliphatic heterocycles. The lowest BCUT2D eigenvalue weighted by Gasteiger charge is -2.35. The maximum atomic E-state index is 13.0. The van der Waals surface area contributed by atoms with Crippen LogP contribution in [0.1, 0.15) is 37.8 Å². The lowest BCUT2D eigenvalue weighted by Crippen LogP contribution is -2.46. The molecule has 33 heavy (non-hydrogen) atoms. The maximum absolute atomic E-state index is 13.0. The van der Waals surface area contributed by atoms with Crippen LogP contribution in [0.5, 0.6) is 0 Å². The Kier molecular flexibility index (Phi) is 7.33. The number of carbonyl (C=O) groups is 1. The van der Waals surface area contributed by atoms with E-state index >= 15 is 0 Å². The molecule has 0 fully saturated rings. The zero-order valence-corrected chi connectivity index (χ0v) is 19.9. The number of nitrogens with zero attached hydrogens (tertiary/aromatic N) is 3. The molecule has 1 aliphatic rings. The second-order valence-corrected chi connectivity index (χ2v) is 8.44. The minimum atomic E-state index is -0.467. The molecule has 7 nitrogen and oxygen atoms in total. The van der Waals surface area contributed by atoms with Crippen molar-refractivity contribution in [2.24, 2.45) is 0 Å². The first kappa shape index (κ1) is 23.3. The summed E-state index contributed by atoms with van der Waals surface area (Å²) >= 11 is 12.2. The molecule has 1 unspecified atom stereocenters. The quantitative estimate of drug-likeness (QED) is 0.396. The summed E-state index contributed by atoms with van der Waals surface area (Å²) in [5.41, 5.74) is 3.08. The topological polar surface area (TPSA) is 80.5 Å². The van der Waals surface area contributed by atoms with Crippen LogP contribution in [0.3, 0.4) is 0 Å². The van der Waals surface area contributed by atoms with Crippen LogP contribution < -0.4 is 5.32 Å². The number of amides is 2. The largest absolute Gasteiger partial charge is 0.382 e. The van der Waals surface area contributed by atoms with Gasteiger partial charge in [-0.05, 0) is 50.1 Å². The highest BCUT2D eigenvalue weighted by molar-refractivity contribution is 6.31. The molecular weight excluding hydrogens is 463 g/mol. The summed E-state index contributed by atoms with van der Waals surface area (Å²) in [6.45, 7) is 5.55. The van der Waals surface area contributed by atoms with E-state index in [-0.39, 0.29) is 6.03 Å². The van der Waals surface area contributed by atoms with Crippen LogP contribution in [0, 0.1) is 0 Å². The van der Waals surface area contributed by atoms with Gasteiger partial charge in [0.2, 0.25) is 5.82 Å². The van der Waals surface area contributed by atoms with E-state index in [2.05, 4.69) is 15.5 Å². The fraction of sp³-hybridized carbons (Fsp3) is 0.292. The summed E-state index contributed by atoms with van der Waals surface area (Å²) in [4.78, 5) is 19.3. The van der Waals surface area contributed by atoms with E-state index in [4.69, 9.17) is 32.5 Å². The summed E-state index contributed by atoms with van der Waals surface area (Å²) in [7, 11) is 0. The van der Waals surface area contributed by atoms with Crippen LogP contribution in [0.15, 0.2) is 58.8 Å². The predicted molar refractivity (Wildman–Crippen MR) is 128 cm³/mol. The Bertz CT molecular complexity index is 1160. The van der Waals surface area contributed by atoms with Crippen LogP contribution in [0.25, 0.3) is 17.0 Å². The first-order valence-corrected chi connectivity index (χ1v) is 11.5. The van der Waals surface area contributed by atoms with Gasteiger partial charge in [-0.25, -0.2) is 4.79 Å². The summed E-state index contributed by atoms with van der Waals surface area (Å²) in [5, 5.41) is 8.43. The Morgan fingerprint density at radius 3 is 2.67 bits per heavy atom. The van der Waals surface area contributed by atoms with E-state index < -0.39 is 6.04 Å². The van der Waals surface area contributed by atoms with Gasteiger partial charge in [0.15, 0.2) is 0 Å². The molecule has 0 aliphatic carbocycles. The highest BCUT2D eigenvalue weighted by Crippen LogP contribution is 2.37. The fourth-order valence-electron chi connectivity index (χ4n) is 3.78. The van der Waals surface area contributed by atoms with Gasteiger partial charge in [0.05, 0.1) is 11.6 Å². The molecule has 0 saturated carbocycles. The van der Waals surface area contributed by atoms with E-state index in [1.54, 1.807) is 29.2 Å². The van der Waals surface area contributed by atoms with Crippen LogP contribution in [-0.4, -0.2) is 40.8 Å². The third-order valence-corrected chi connectivity index (χ3v) is 5.90. The maximum Gasteiger partial charge on any atom is 0.322 e. The minimum absolute atomic E-state index is 0.192. The van der Waals surface area contributed by atoms with E-state index in [1.165, 1.54) is 0 Å². The number of ether oxygens (including phenoxy) is 1. The van der Waals surface area contributed by atoms with Crippen LogP contribution in [0.4, 0.5) is 4.79 Å². The number of hydrogen-bond donors (Lipinski definition) is 1. The molecule has 4 rings (SSSR count). The van der Waals surface area contributed by atoms with Gasteiger partial charge in [-0.1, -0.05) is 52.6 Å². The molecule has 0 spiro atoms. The normalized spacial score (nSPS) is 16.3. The number of rotatable bonds is 8. The van der Waals surface area contributed by atoms with Gasteiger partial charge in [0, 0.05) is 41.1 Å². The first-order chi connectivity index (χ1) is 16.0. The van der Waals surface area contributed by atoms with Crippen molar-refractivity contribution in [2.45, 2.75) is 26.3 Å². The Balaban J connectivity index is 1.74. The fourth-order valence-corrected chi connectivity index (χ4v) is 4.10. The lowest BCUT2D eigenvalue weighted by atomic mass is 9.94. The average molecular weight is 487 g/mol. The molecule has 0 saturated heterocycles. The average Bonchev–Trinajstić information content (AvgIpc) is 3.28. The number of allylic oxidation sites excluding steroid dienone is 1. The molecule has 1 N–H and O–H groups in total. The van der Waals surface area contributed by atoms with Crippen LogP contribution >= 0.6 is 23.2 Å². The van der Waals surface area contributed by atoms with Crippen molar-refractivity contribution in [3.05, 3.63) is 75.7 Å². The Morgan fingerprint density at radius 1 is 1.15 bits per heavy atom. The number of carbonyl (C=O) groups excluding carboxylic acids is 1. The molecular formula is C24H24Cl2N4O3. The highest BCUT2D eigenvalue weighted by Gasteiger charge is 2.35. The molecule has 0 radical (unpaired) electrons. The third-order valence-electron chi connectivity index (χ3n) is 5.41. The van der Waals surface area contributed by atoms with Gasteiger partial charge in [-0.3, -0.25) is 4.90 Å². The monoisotopic (exact) mass is 486 g/mol. The second-order valence-electron chi connectivity index (χ2n) is 7.57. The Morgan fingerprint density at radius 2 is 1.94 bits per heavy atom. The molecule has 1 aromatic heterocycles. The number of nitrogens with one attached hydrogen (secondary N) is 1. The summed E-state index contributed by atoms with van der Waals surface area (Å²) < 4.78 is 11.1. The molecule has 172 valence electrons. The van der Waals surface area contributed by atoms with Gasteiger partial charge in [0.25, 0.3) is 5.89 Å². The van der Waals surface area contributed by atoms with Gasteiger partial charge in [0.1, 0.15) is 0 Å². The standard InChI is InChI=1S/C24H24Cl2N4O3/c1-3-32-13-5-12-30-15(2)20(21(27-24(30)31)16-8-10-18(25)11-9-16)23-28-22(29-33-23)17-6-4-7-19(26)14-17/h4,6-11,14,21H,3,5,12-13H2,1-2H3,(H,27,31). The zero-order chi connectivity index (χ0) is 23.4. The van der Waals surface area contributed by atoms with E-state index in [0.717, 1.165) is 22.4 Å². The Hall–Kier alpha value is -2.87. The van der Waals surface area contributed by atoms with Gasteiger partial charge >= 0.3 is 6.03 Å². The van der Waals surface area contributed by atoms with E-state index in [0.29, 0.717) is 47.9 Å². The van der Waals surface area contributed by atoms with Gasteiger partial charge in [-0.15, -0.1) is 0 Å². The van der Waals surface area contributed by atoms with Crippen molar-refractivity contribution in [3.8, 4) is 11.4 Å². The predicted octanol–water partition coefficient (Wildman–Crippen LogP) is 5.97. The van der Waals surface area contributed by atoms with Crippen molar-refractivity contribution in [1.82, 2.24) is 20.4 Å². The Labute approximate surface area is 202 Å². The number of aromatic nitrogens is 2.